The number of rotatable bonds is 12. The van der Waals surface area contributed by atoms with Gasteiger partial charge in [-0.3, -0.25) is 0 Å². The van der Waals surface area contributed by atoms with Crippen molar-refractivity contribution in [3.05, 3.63) is 168 Å². The molecule has 0 spiro atoms. The van der Waals surface area contributed by atoms with Crippen molar-refractivity contribution in [2.75, 3.05) is 79.3 Å². The molecule has 6 aromatic carbocycles. The maximum absolute atomic E-state index is 6.27. The van der Waals surface area contributed by atoms with E-state index in [1.165, 1.54) is 0 Å². The van der Waals surface area contributed by atoms with Gasteiger partial charge < -0.3 is 56.8 Å². The van der Waals surface area contributed by atoms with E-state index in [0.717, 1.165) is 45.3 Å². The minimum absolute atomic E-state index is 0.289. The van der Waals surface area contributed by atoms with E-state index in [1.807, 2.05) is 146 Å². The zero-order valence-electron chi connectivity index (χ0n) is 36.1. The topological polar surface area (TPSA) is 111 Å². The second-order valence-corrected chi connectivity index (χ2v) is 14.4. The van der Waals surface area contributed by atoms with Gasteiger partial charge in [0.25, 0.3) is 0 Å². The molecule has 0 unspecified atom stereocenters. The maximum Gasteiger partial charge on any atom is 0.161 e. The Labute approximate surface area is 375 Å². The molecule has 0 N–H and O–H groups in total. The van der Waals surface area contributed by atoms with E-state index in [4.69, 9.17) is 56.8 Å². The molecule has 0 bridgehead atoms. The van der Waals surface area contributed by atoms with E-state index in [9.17, 15) is 0 Å². The van der Waals surface area contributed by atoms with Crippen LogP contribution in [0.1, 0.15) is 22.3 Å². The van der Waals surface area contributed by atoms with Crippen LogP contribution in [-0.4, -0.2) is 79.3 Å². The molecule has 336 valence electrons. The molecule has 0 amide bonds. The third kappa shape index (κ3) is 15.4. The van der Waals surface area contributed by atoms with Crippen molar-refractivity contribution in [2.24, 2.45) is 0 Å². The summed E-state index contributed by atoms with van der Waals surface area (Å²) in [7, 11) is 0. The highest BCUT2D eigenvalue weighted by Crippen LogP contribution is 2.34. The molecule has 12 nitrogen and oxygen atoms in total. The van der Waals surface area contributed by atoms with E-state index in [-0.39, 0.29) is 26.4 Å². The average Bonchev–Trinajstić information content (AvgIpc) is 3.34. The summed E-state index contributed by atoms with van der Waals surface area (Å²) in [6.07, 6.45) is 0. The lowest BCUT2D eigenvalue weighted by Crippen LogP contribution is -2.16. The molecule has 0 atom stereocenters. The van der Waals surface area contributed by atoms with Crippen LogP contribution in [0.15, 0.2) is 146 Å². The van der Waals surface area contributed by atoms with Gasteiger partial charge in [0.05, 0.1) is 52.9 Å². The Kier molecular flexibility index (Phi) is 18.7. The second kappa shape index (κ2) is 26.2. The first-order valence-corrected chi connectivity index (χ1v) is 21.6. The van der Waals surface area contributed by atoms with Gasteiger partial charge in [-0.2, -0.15) is 0 Å². The van der Waals surface area contributed by atoms with Gasteiger partial charge in [-0.1, -0.05) is 72.8 Å². The molecular weight excluding hydrogens is 817 g/mol. The Morgan fingerprint density at radius 1 is 0.266 bits per heavy atom. The molecule has 6 aromatic rings. The fraction of sp³-hybridized carbons (Fsp3) is 0.308. The number of para-hydroxylation sites is 4. The first-order valence-electron chi connectivity index (χ1n) is 21.6. The van der Waals surface area contributed by atoms with E-state index >= 15 is 0 Å². The standard InChI is InChI=1S/C52H56O12/c1-5-13-45(14-6-1)61-37-41-33-49-50(34-42(41)38-62-46-15-7-2-8-16-46)58-30-26-54-23-24-56-28-32-60-52-36-44(40-64-48-19-11-4-12-20-48)43(39-63-47-17-9-3-10-18-47)35-51(52)59-31-27-55-22-21-53-25-29-57-49/h1-20,33-36H,21-32,37-40H2. The van der Waals surface area contributed by atoms with Gasteiger partial charge in [-0.15, -0.1) is 0 Å². The predicted octanol–water partition coefficient (Wildman–Crippen LogP) is 9.30. The normalized spacial score (nSPS) is 14.6. The molecule has 0 fully saturated rings. The molecule has 0 radical (unpaired) electrons. The largest absolute Gasteiger partial charge is 0.489 e. The summed E-state index contributed by atoms with van der Waals surface area (Å²) in [5, 5.41) is 0. The van der Waals surface area contributed by atoms with Crippen LogP contribution in [0.3, 0.4) is 0 Å². The van der Waals surface area contributed by atoms with Gasteiger partial charge >= 0.3 is 0 Å². The molecule has 1 aliphatic rings. The van der Waals surface area contributed by atoms with Gasteiger partial charge in [-0.25, -0.2) is 0 Å². The summed E-state index contributed by atoms with van der Waals surface area (Å²) >= 11 is 0. The monoisotopic (exact) mass is 872 g/mol. The zero-order valence-corrected chi connectivity index (χ0v) is 36.1. The summed E-state index contributed by atoms with van der Waals surface area (Å²) in [6.45, 7) is 5.24. The van der Waals surface area contributed by atoms with Crippen LogP contribution in [0, 0.1) is 0 Å². The maximum atomic E-state index is 6.27. The minimum Gasteiger partial charge on any atom is -0.489 e. The Morgan fingerprint density at radius 2 is 0.469 bits per heavy atom. The summed E-state index contributed by atoms with van der Waals surface area (Å²) < 4.78 is 73.3. The van der Waals surface area contributed by atoms with E-state index in [0.29, 0.717) is 102 Å². The number of hydrogen-bond acceptors (Lipinski definition) is 12. The summed E-state index contributed by atoms with van der Waals surface area (Å²) in [4.78, 5) is 0. The number of benzene rings is 6. The molecule has 0 aliphatic carbocycles. The smallest absolute Gasteiger partial charge is 0.161 e. The van der Waals surface area contributed by atoms with Crippen LogP contribution < -0.4 is 37.9 Å². The van der Waals surface area contributed by atoms with Crippen molar-refractivity contribution < 1.29 is 56.8 Å². The van der Waals surface area contributed by atoms with Crippen molar-refractivity contribution in [1.29, 1.82) is 0 Å². The van der Waals surface area contributed by atoms with Gasteiger partial charge in [0.1, 0.15) is 75.9 Å². The second-order valence-electron chi connectivity index (χ2n) is 14.4. The Hall–Kier alpha value is -6.44. The van der Waals surface area contributed by atoms with Gasteiger partial charge in [-0.05, 0) is 95.1 Å². The average molecular weight is 873 g/mol. The lowest BCUT2D eigenvalue weighted by atomic mass is 10.1. The lowest BCUT2D eigenvalue weighted by Gasteiger charge is -2.19. The summed E-state index contributed by atoms with van der Waals surface area (Å²) in [5.41, 5.74) is 3.62. The number of hydrogen-bond donors (Lipinski definition) is 0. The van der Waals surface area contributed by atoms with E-state index < -0.39 is 0 Å². The van der Waals surface area contributed by atoms with Crippen LogP contribution in [0.4, 0.5) is 0 Å². The lowest BCUT2D eigenvalue weighted by molar-refractivity contribution is 0.0223. The molecule has 0 saturated carbocycles. The number of fused-ring (bicyclic) bond motifs is 2. The third-order valence-electron chi connectivity index (χ3n) is 9.77. The SMILES string of the molecule is c1ccc(OCc2cc3c(cc2COc2ccccc2)OCCOCCOCCOc2cc(COc4ccccc4)c(COc4ccccc4)cc2OCCOCCOCCO3)cc1. The van der Waals surface area contributed by atoms with Crippen molar-refractivity contribution in [1.82, 2.24) is 0 Å². The van der Waals surface area contributed by atoms with Crippen LogP contribution in [0.25, 0.3) is 0 Å². The van der Waals surface area contributed by atoms with E-state index in [2.05, 4.69) is 0 Å². The Morgan fingerprint density at radius 3 is 0.688 bits per heavy atom. The van der Waals surface area contributed by atoms with E-state index in [1.54, 1.807) is 0 Å². The zero-order chi connectivity index (χ0) is 43.7. The fourth-order valence-electron chi connectivity index (χ4n) is 6.47. The van der Waals surface area contributed by atoms with Crippen molar-refractivity contribution in [2.45, 2.75) is 26.4 Å². The highest BCUT2D eigenvalue weighted by molar-refractivity contribution is 5.49. The highest BCUT2D eigenvalue weighted by Gasteiger charge is 2.17. The molecule has 0 saturated heterocycles. The number of ether oxygens (including phenoxy) is 12. The molecule has 0 aromatic heterocycles. The van der Waals surface area contributed by atoms with Gasteiger partial charge in [0.2, 0.25) is 0 Å². The summed E-state index contributed by atoms with van der Waals surface area (Å²) in [6, 6.07) is 46.5. The Balaban J connectivity index is 0.989. The first-order chi connectivity index (χ1) is 31.8. The Bertz CT molecular complexity index is 1890. The molecular formula is C52H56O12. The van der Waals surface area contributed by atoms with Crippen LogP contribution in [0.2, 0.25) is 0 Å². The fourth-order valence-corrected chi connectivity index (χ4v) is 6.47. The van der Waals surface area contributed by atoms with Crippen molar-refractivity contribution >= 4 is 0 Å². The molecule has 1 heterocycles. The summed E-state index contributed by atoms with van der Waals surface area (Å²) in [5.74, 6) is 5.30. The predicted molar refractivity (Wildman–Crippen MR) is 241 cm³/mol. The van der Waals surface area contributed by atoms with Gasteiger partial charge in [0.15, 0.2) is 23.0 Å². The van der Waals surface area contributed by atoms with Crippen LogP contribution >= 0.6 is 0 Å². The van der Waals surface area contributed by atoms with Crippen LogP contribution in [-0.2, 0) is 45.4 Å². The third-order valence-corrected chi connectivity index (χ3v) is 9.77. The van der Waals surface area contributed by atoms with Crippen molar-refractivity contribution in [3.8, 4) is 46.0 Å². The molecule has 12 heteroatoms. The van der Waals surface area contributed by atoms with Gasteiger partial charge in [0, 0.05) is 0 Å². The van der Waals surface area contributed by atoms with Crippen LogP contribution in [0.5, 0.6) is 46.0 Å². The molecule has 64 heavy (non-hydrogen) atoms. The molecule has 7 rings (SSSR count). The first kappa shape index (κ1) is 45.6. The molecule has 1 aliphatic heterocycles. The minimum atomic E-state index is 0.289. The highest BCUT2D eigenvalue weighted by atomic mass is 16.6. The van der Waals surface area contributed by atoms with Crippen molar-refractivity contribution in [3.63, 3.8) is 0 Å². The quantitative estimate of drug-likeness (QED) is 0.117.